The maximum Gasteiger partial charge on any atom is 0.338 e. The summed E-state index contributed by atoms with van der Waals surface area (Å²) in [5.41, 5.74) is 1.73. The Morgan fingerprint density at radius 1 is 1.25 bits per heavy atom. The molecule has 3 rings (SSSR count). The molecule has 0 spiro atoms. The number of esters is 1. The number of hydrogen-bond donors (Lipinski definition) is 0. The van der Waals surface area contributed by atoms with Crippen LogP contribution >= 0.6 is 0 Å². The van der Waals surface area contributed by atoms with Crippen LogP contribution in [0, 0.1) is 5.82 Å². The van der Waals surface area contributed by atoms with Crippen LogP contribution in [-0.4, -0.2) is 19.4 Å². The predicted octanol–water partition coefficient (Wildman–Crippen LogP) is 3.45. The highest BCUT2D eigenvalue weighted by Crippen LogP contribution is 2.30. The van der Waals surface area contributed by atoms with Gasteiger partial charge in [-0.2, -0.15) is 0 Å². The van der Waals surface area contributed by atoms with Gasteiger partial charge in [0.1, 0.15) is 23.9 Å². The number of rotatable bonds is 5. The minimum Gasteiger partial charge on any atom is -0.489 e. The van der Waals surface area contributed by atoms with E-state index in [0.717, 1.165) is 0 Å². The van der Waals surface area contributed by atoms with Crippen LogP contribution in [0.5, 0.6) is 11.5 Å². The van der Waals surface area contributed by atoms with Gasteiger partial charge in [-0.15, -0.1) is 0 Å². The number of carbonyl (C=O) groups is 1. The highest BCUT2D eigenvalue weighted by atomic mass is 19.1. The number of halogens is 1. The monoisotopic (exact) mass is 332 g/mol. The second kappa shape index (κ2) is 7.31. The first kappa shape index (κ1) is 16.3. The van der Waals surface area contributed by atoms with Crippen LogP contribution in [-0.2, 0) is 22.7 Å². The van der Waals surface area contributed by atoms with Crippen LogP contribution < -0.4 is 9.47 Å². The van der Waals surface area contributed by atoms with E-state index >= 15 is 0 Å². The largest absolute Gasteiger partial charge is 0.489 e. The van der Waals surface area contributed by atoms with Gasteiger partial charge in [0.15, 0.2) is 6.79 Å². The van der Waals surface area contributed by atoms with E-state index in [0.29, 0.717) is 41.4 Å². The summed E-state index contributed by atoms with van der Waals surface area (Å²) in [6.45, 7) is 2.68. The molecule has 0 saturated heterocycles. The lowest BCUT2D eigenvalue weighted by molar-refractivity contribution is -0.0178. The molecule has 1 aliphatic rings. The van der Waals surface area contributed by atoms with Crippen molar-refractivity contribution in [2.75, 3.05) is 13.4 Å². The van der Waals surface area contributed by atoms with Gasteiger partial charge in [-0.05, 0) is 43.3 Å². The zero-order valence-corrected chi connectivity index (χ0v) is 13.2. The maximum absolute atomic E-state index is 13.7. The van der Waals surface area contributed by atoms with E-state index in [-0.39, 0.29) is 25.2 Å². The van der Waals surface area contributed by atoms with Crippen molar-refractivity contribution in [1.29, 1.82) is 0 Å². The van der Waals surface area contributed by atoms with Crippen molar-refractivity contribution in [2.24, 2.45) is 0 Å². The molecule has 0 aliphatic carbocycles. The minimum atomic E-state index is -0.378. The van der Waals surface area contributed by atoms with Gasteiger partial charge in [0.25, 0.3) is 0 Å². The molecule has 126 valence electrons. The van der Waals surface area contributed by atoms with E-state index in [2.05, 4.69) is 0 Å². The summed E-state index contributed by atoms with van der Waals surface area (Å²) in [7, 11) is 0. The normalized spacial score (nSPS) is 12.9. The molecule has 2 aromatic carbocycles. The summed E-state index contributed by atoms with van der Waals surface area (Å²) in [6.07, 6.45) is 0. The molecule has 0 atom stereocenters. The standard InChI is InChI=1S/C18H17FO5/c1-2-22-18(20)12-3-5-16(6-4-12)23-10-14-8-15(19)7-13-9-21-11-24-17(13)14/h3-8H,2,9-11H2,1H3. The van der Waals surface area contributed by atoms with E-state index in [1.807, 2.05) is 0 Å². The summed E-state index contributed by atoms with van der Waals surface area (Å²) in [5.74, 6) is 0.426. The molecule has 0 N–H and O–H groups in total. The van der Waals surface area contributed by atoms with Crippen molar-refractivity contribution in [3.8, 4) is 11.5 Å². The lowest BCUT2D eigenvalue weighted by Gasteiger charge is -2.21. The van der Waals surface area contributed by atoms with Gasteiger partial charge < -0.3 is 18.9 Å². The SMILES string of the molecule is CCOC(=O)c1ccc(OCc2cc(F)cc3c2OCOC3)cc1. The molecule has 24 heavy (non-hydrogen) atoms. The Bertz CT molecular complexity index is 727. The molecule has 0 amide bonds. The van der Waals surface area contributed by atoms with E-state index in [4.69, 9.17) is 18.9 Å². The molecule has 0 saturated carbocycles. The van der Waals surface area contributed by atoms with Gasteiger partial charge >= 0.3 is 5.97 Å². The van der Waals surface area contributed by atoms with Crippen LogP contribution in [0.25, 0.3) is 0 Å². The number of hydrogen-bond acceptors (Lipinski definition) is 5. The zero-order valence-electron chi connectivity index (χ0n) is 13.2. The zero-order chi connectivity index (χ0) is 16.9. The van der Waals surface area contributed by atoms with E-state index in [1.165, 1.54) is 12.1 Å². The third-order valence-corrected chi connectivity index (χ3v) is 3.51. The van der Waals surface area contributed by atoms with Gasteiger partial charge in [-0.1, -0.05) is 0 Å². The van der Waals surface area contributed by atoms with Crippen molar-refractivity contribution in [3.63, 3.8) is 0 Å². The van der Waals surface area contributed by atoms with Gasteiger partial charge in [0.2, 0.25) is 0 Å². The first-order valence-electron chi connectivity index (χ1n) is 7.59. The first-order chi connectivity index (χ1) is 11.7. The van der Waals surface area contributed by atoms with Gasteiger partial charge in [0, 0.05) is 11.1 Å². The summed E-state index contributed by atoms with van der Waals surface area (Å²) in [4.78, 5) is 11.6. The Kier molecular flexibility index (Phi) is 4.96. The molecule has 6 heteroatoms. The molecule has 1 aliphatic heterocycles. The Balaban J connectivity index is 1.70. The second-order valence-electron chi connectivity index (χ2n) is 5.20. The summed E-state index contributed by atoms with van der Waals surface area (Å²) in [5, 5.41) is 0. The highest BCUT2D eigenvalue weighted by Gasteiger charge is 2.17. The predicted molar refractivity (Wildman–Crippen MR) is 83.4 cm³/mol. The van der Waals surface area contributed by atoms with E-state index in [9.17, 15) is 9.18 Å². The van der Waals surface area contributed by atoms with Crippen LogP contribution in [0.15, 0.2) is 36.4 Å². The molecule has 0 aromatic heterocycles. The van der Waals surface area contributed by atoms with Gasteiger partial charge in [-0.25, -0.2) is 9.18 Å². The Morgan fingerprint density at radius 3 is 2.79 bits per heavy atom. The second-order valence-corrected chi connectivity index (χ2v) is 5.20. The average molecular weight is 332 g/mol. The Labute approximate surface area is 138 Å². The summed E-state index contributed by atoms with van der Waals surface area (Å²) >= 11 is 0. The molecule has 1 heterocycles. The van der Waals surface area contributed by atoms with Crippen LogP contribution in [0.4, 0.5) is 4.39 Å². The fourth-order valence-corrected chi connectivity index (χ4v) is 2.43. The minimum absolute atomic E-state index is 0.139. The van der Waals surface area contributed by atoms with E-state index < -0.39 is 0 Å². The van der Waals surface area contributed by atoms with Crippen LogP contribution in [0.2, 0.25) is 0 Å². The Morgan fingerprint density at radius 2 is 2.04 bits per heavy atom. The smallest absolute Gasteiger partial charge is 0.338 e. The summed E-state index contributed by atoms with van der Waals surface area (Å²) < 4.78 is 34.9. The van der Waals surface area contributed by atoms with Crippen LogP contribution in [0.1, 0.15) is 28.4 Å². The lowest BCUT2D eigenvalue weighted by Crippen LogP contribution is -2.14. The number of ether oxygens (including phenoxy) is 4. The topological polar surface area (TPSA) is 54.0 Å². The molecule has 0 fully saturated rings. The molecule has 0 radical (unpaired) electrons. The van der Waals surface area contributed by atoms with Crippen LogP contribution in [0.3, 0.4) is 0 Å². The summed E-state index contributed by atoms with van der Waals surface area (Å²) in [6, 6.07) is 9.37. The molecule has 0 bridgehead atoms. The first-order valence-corrected chi connectivity index (χ1v) is 7.59. The van der Waals surface area contributed by atoms with Gasteiger partial charge in [0.05, 0.1) is 18.8 Å². The third kappa shape index (κ3) is 3.65. The van der Waals surface area contributed by atoms with Gasteiger partial charge in [-0.3, -0.25) is 0 Å². The van der Waals surface area contributed by atoms with Crippen molar-refractivity contribution in [1.82, 2.24) is 0 Å². The average Bonchev–Trinajstić information content (AvgIpc) is 2.60. The van der Waals surface area contributed by atoms with Crippen molar-refractivity contribution in [3.05, 3.63) is 58.9 Å². The molecular formula is C18H17FO5. The lowest BCUT2D eigenvalue weighted by atomic mass is 10.1. The number of carbonyl (C=O) groups excluding carboxylic acids is 1. The highest BCUT2D eigenvalue weighted by molar-refractivity contribution is 5.89. The van der Waals surface area contributed by atoms with E-state index in [1.54, 1.807) is 31.2 Å². The fourth-order valence-electron chi connectivity index (χ4n) is 2.43. The molecule has 2 aromatic rings. The third-order valence-electron chi connectivity index (χ3n) is 3.51. The molecule has 5 nitrogen and oxygen atoms in total. The maximum atomic E-state index is 13.7. The quantitative estimate of drug-likeness (QED) is 0.785. The van der Waals surface area contributed by atoms with Crippen molar-refractivity contribution >= 4 is 5.97 Å². The molecule has 0 unspecified atom stereocenters. The fraction of sp³-hybridized carbons (Fsp3) is 0.278. The molecular weight excluding hydrogens is 315 g/mol. The number of fused-ring (bicyclic) bond motifs is 1. The Hall–Kier alpha value is -2.60. The number of benzene rings is 2. The van der Waals surface area contributed by atoms with Crippen molar-refractivity contribution < 1.29 is 28.1 Å². The van der Waals surface area contributed by atoms with Crippen molar-refractivity contribution in [2.45, 2.75) is 20.1 Å².